The third-order valence-corrected chi connectivity index (χ3v) is 10.8. The summed E-state index contributed by atoms with van der Waals surface area (Å²) in [5.74, 6) is -0.0585. The smallest absolute Gasteiger partial charge is 0.182 e. The number of hydrogen-bond acceptors (Lipinski definition) is 10. The number of imidazole rings is 2. The van der Waals surface area contributed by atoms with E-state index < -0.39 is 0 Å². The Morgan fingerprint density at radius 2 is 1.13 bits per heavy atom. The Balaban J connectivity index is 0.000000143. The summed E-state index contributed by atoms with van der Waals surface area (Å²) in [4.78, 5) is 39.7. The maximum absolute atomic E-state index is 14.7. The predicted molar refractivity (Wildman–Crippen MR) is 240 cm³/mol. The minimum Gasteiger partial charge on any atom is -0.362 e. The van der Waals surface area contributed by atoms with Gasteiger partial charge in [-0.1, -0.05) is 71.7 Å². The minimum absolute atomic E-state index is 0.239. The summed E-state index contributed by atoms with van der Waals surface area (Å²) in [5, 5.41) is 6.22. The lowest BCUT2D eigenvalue weighted by molar-refractivity contribution is 0.630. The van der Waals surface area contributed by atoms with Crippen LogP contribution in [0.15, 0.2) is 127 Å². The van der Waals surface area contributed by atoms with Gasteiger partial charge in [0.05, 0.1) is 51.2 Å². The van der Waals surface area contributed by atoms with Crippen LogP contribution in [-0.4, -0.2) is 49.8 Å². The molecule has 0 saturated carbocycles. The summed E-state index contributed by atoms with van der Waals surface area (Å²) in [5.41, 5.74) is 13.7. The molecule has 6 heterocycles. The number of fused-ring (bicyclic) bond motifs is 4. The van der Waals surface area contributed by atoms with Crippen molar-refractivity contribution < 1.29 is 8.78 Å². The van der Waals surface area contributed by atoms with E-state index in [0.717, 1.165) is 32.0 Å². The standard InChI is InChI=1S/C22H16ClFN6.C17H14ClFN2.C5H3BrN4/c1-12(29-22-20-21(26-10-25-20)27-11-28-22)15-9-13-5-4-7-16(23)18(13)30-19(15)14-6-2-3-8-17(14)24;1-10(20)13-9-11-5-4-7-14(18)16(11)21-17(13)12-6-2-3-8-15(12)19;6-4-3-5(9-1-7-3)10-2-8-4/h2-12H,1H3,(H2,25,26,27,28,29);2-10H,20H2,1H3;1-2H,(H,7,8,9,10)/t12-;10-;/m00./s1. The molecular formula is C44H33BrCl2F2N12. The van der Waals surface area contributed by atoms with Crippen molar-refractivity contribution in [3.05, 3.63) is 160 Å². The van der Waals surface area contributed by atoms with Crippen molar-refractivity contribution in [3.8, 4) is 22.5 Å². The number of anilines is 1. The first-order valence-electron chi connectivity index (χ1n) is 18.7. The molecule has 0 aliphatic rings. The van der Waals surface area contributed by atoms with Crippen molar-refractivity contribution in [1.82, 2.24) is 49.8 Å². The predicted octanol–water partition coefficient (Wildman–Crippen LogP) is 11.4. The average molecular weight is 919 g/mol. The molecule has 0 aliphatic heterocycles. The lowest BCUT2D eigenvalue weighted by atomic mass is 9.98. The maximum atomic E-state index is 14.7. The Labute approximate surface area is 365 Å². The van der Waals surface area contributed by atoms with Crippen LogP contribution < -0.4 is 11.1 Å². The summed E-state index contributed by atoms with van der Waals surface area (Å²) in [6.07, 6.45) is 6.07. The zero-order valence-corrected chi connectivity index (χ0v) is 35.3. The van der Waals surface area contributed by atoms with Gasteiger partial charge in [0.15, 0.2) is 17.1 Å². The van der Waals surface area contributed by atoms with Gasteiger partial charge in [0.1, 0.15) is 39.9 Å². The number of para-hydroxylation sites is 2. The third kappa shape index (κ3) is 8.72. The van der Waals surface area contributed by atoms with Crippen LogP contribution in [0.25, 0.3) is 66.6 Å². The molecule has 0 saturated heterocycles. The lowest BCUT2D eigenvalue weighted by Gasteiger charge is -2.20. The van der Waals surface area contributed by atoms with Crippen LogP contribution >= 0.6 is 39.1 Å². The molecular weight excluding hydrogens is 885 g/mol. The summed E-state index contributed by atoms with van der Waals surface area (Å²) >= 11 is 15.8. The van der Waals surface area contributed by atoms with Gasteiger partial charge in [-0.05, 0) is 83.9 Å². The molecule has 0 amide bonds. The Bertz CT molecular complexity index is 3180. The van der Waals surface area contributed by atoms with Crippen LogP contribution in [-0.2, 0) is 0 Å². The van der Waals surface area contributed by atoms with E-state index in [1.54, 1.807) is 61.2 Å². The number of H-pyrrole nitrogens is 2. The highest BCUT2D eigenvalue weighted by Gasteiger charge is 2.20. The highest BCUT2D eigenvalue weighted by molar-refractivity contribution is 9.10. The van der Waals surface area contributed by atoms with Crippen molar-refractivity contribution in [2.75, 3.05) is 5.32 Å². The summed E-state index contributed by atoms with van der Waals surface area (Å²) in [6, 6.07) is 27.7. The van der Waals surface area contributed by atoms with Gasteiger partial charge in [-0.25, -0.2) is 48.7 Å². The van der Waals surface area contributed by atoms with Gasteiger partial charge in [-0.15, -0.1) is 0 Å². The number of nitrogens with two attached hydrogens (primary N) is 1. The fraction of sp³-hybridized carbons (Fsp3) is 0.0909. The molecule has 17 heteroatoms. The van der Waals surface area contributed by atoms with E-state index >= 15 is 0 Å². The monoisotopic (exact) mass is 916 g/mol. The molecule has 0 spiro atoms. The zero-order chi connectivity index (χ0) is 42.6. The lowest BCUT2D eigenvalue weighted by Crippen LogP contribution is -2.11. The van der Waals surface area contributed by atoms with Gasteiger partial charge in [0.25, 0.3) is 0 Å². The quantitative estimate of drug-likeness (QED) is 0.118. The zero-order valence-electron chi connectivity index (χ0n) is 32.2. The van der Waals surface area contributed by atoms with E-state index in [2.05, 4.69) is 66.1 Å². The second-order valence-corrected chi connectivity index (χ2v) is 15.2. The first kappa shape index (κ1) is 41.2. The molecule has 10 aromatic rings. The Kier molecular flexibility index (Phi) is 12.2. The highest BCUT2D eigenvalue weighted by atomic mass is 79.9. The normalized spacial score (nSPS) is 12.1. The molecule has 0 radical (unpaired) electrons. The number of pyridine rings is 2. The van der Waals surface area contributed by atoms with E-state index in [1.807, 2.05) is 50.2 Å². The van der Waals surface area contributed by atoms with Crippen LogP contribution in [0.3, 0.4) is 0 Å². The number of benzene rings is 4. The Hall–Kier alpha value is -6.52. The molecule has 304 valence electrons. The molecule has 12 nitrogen and oxygen atoms in total. The van der Waals surface area contributed by atoms with E-state index in [4.69, 9.17) is 33.9 Å². The maximum Gasteiger partial charge on any atom is 0.182 e. The SMILES string of the molecule is Brc1ncnc2nc[nH]c12.C[C@H](N)c1cc2cccc(Cl)c2nc1-c1ccccc1F.C[C@H](Nc1ncnc2nc[nH]c12)c1cc2cccc(Cl)c2nc1-c1ccccc1F. The summed E-state index contributed by atoms with van der Waals surface area (Å²) < 4.78 is 29.5. The van der Waals surface area contributed by atoms with Crippen molar-refractivity contribution in [3.63, 3.8) is 0 Å². The van der Waals surface area contributed by atoms with Gasteiger partial charge in [0, 0.05) is 33.5 Å². The van der Waals surface area contributed by atoms with Gasteiger partial charge < -0.3 is 21.0 Å². The van der Waals surface area contributed by atoms with E-state index in [9.17, 15) is 8.78 Å². The van der Waals surface area contributed by atoms with Crippen LogP contribution in [0.1, 0.15) is 37.1 Å². The Morgan fingerprint density at radius 1 is 0.623 bits per heavy atom. The molecule has 0 fully saturated rings. The molecule has 10 rings (SSSR count). The molecule has 5 N–H and O–H groups in total. The number of aromatic nitrogens is 10. The van der Waals surface area contributed by atoms with E-state index in [1.165, 1.54) is 24.8 Å². The second-order valence-electron chi connectivity index (χ2n) is 13.7. The van der Waals surface area contributed by atoms with E-state index in [-0.39, 0.29) is 23.7 Å². The van der Waals surface area contributed by atoms with Crippen LogP contribution in [0.5, 0.6) is 0 Å². The number of hydrogen-bond donors (Lipinski definition) is 4. The second kappa shape index (κ2) is 18.0. The van der Waals surface area contributed by atoms with Crippen molar-refractivity contribution >= 4 is 89.1 Å². The first-order valence-corrected chi connectivity index (χ1v) is 20.3. The fourth-order valence-corrected chi connectivity index (χ4v) is 7.50. The third-order valence-electron chi connectivity index (χ3n) is 9.62. The molecule has 0 aliphatic carbocycles. The van der Waals surface area contributed by atoms with Gasteiger partial charge in [-0.3, -0.25) is 0 Å². The first-order chi connectivity index (χ1) is 29.6. The van der Waals surface area contributed by atoms with Crippen LogP contribution in [0.4, 0.5) is 14.6 Å². The van der Waals surface area contributed by atoms with Crippen LogP contribution in [0, 0.1) is 11.6 Å². The fourth-order valence-electron chi connectivity index (χ4n) is 6.67. The van der Waals surface area contributed by atoms with Gasteiger partial charge in [-0.2, -0.15) is 0 Å². The number of rotatable bonds is 6. The largest absolute Gasteiger partial charge is 0.362 e. The highest BCUT2D eigenvalue weighted by Crippen LogP contribution is 2.36. The van der Waals surface area contributed by atoms with Crippen molar-refractivity contribution in [2.45, 2.75) is 25.9 Å². The molecule has 61 heavy (non-hydrogen) atoms. The number of aromatic amines is 2. The van der Waals surface area contributed by atoms with Crippen molar-refractivity contribution in [1.29, 1.82) is 0 Å². The minimum atomic E-state index is -0.345. The molecule has 0 bridgehead atoms. The average Bonchev–Trinajstić information content (AvgIpc) is 3.96. The van der Waals surface area contributed by atoms with Crippen molar-refractivity contribution in [2.24, 2.45) is 5.73 Å². The van der Waals surface area contributed by atoms with E-state index in [0.29, 0.717) is 66.2 Å². The molecule has 4 aromatic carbocycles. The number of halogens is 5. The molecule has 0 unspecified atom stereocenters. The number of nitrogens with zero attached hydrogens (tertiary/aromatic N) is 8. The van der Waals surface area contributed by atoms with Crippen LogP contribution in [0.2, 0.25) is 10.0 Å². The molecule has 6 aromatic heterocycles. The van der Waals surface area contributed by atoms with Gasteiger partial charge in [0.2, 0.25) is 0 Å². The number of nitrogens with one attached hydrogen (secondary N) is 3. The molecule has 2 atom stereocenters. The van der Waals surface area contributed by atoms with Gasteiger partial charge >= 0.3 is 0 Å². The summed E-state index contributed by atoms with van der Waals surface area (Å²) in [7, 11) is 0. The Morgan fingerprint density at radius 3 is 1.69 bits per heavy atom. The summed E-state index contributed by atoms with van der Waals surface area (Å²) in [6.45, 7) is 3.83. The topological polar surface area (TPSA) is 173 Å².